The maximum atomic E-state index is 13.0. The molecule has 1 aromatic carbocycles. The number of carbonyl (C=O) groups excluding carboxylic acids is 1. The van der Waals surface area contributed by atoms with E-state index in [0.717, 1.165) is 34.1 Å². The van der Waals surface area contributed by atoms with Crippen LogP contribution in [0.1, 0.15) is 23.2 Å². The van der Waals surface area contributed by atoms with Gasteiger partial charge >= 0.3 is 0 Å². The standard InChI is InChI=1S/C23H25IN4O/c1-28(16-10-9-14-24)21-19-13-15-25-22(19)26-17-20(21)27-23(29)18-11-7-5-3-2-4-6-8-12-18/h2-8,11-13,15,17H,9-10,14,16H2,1H3,(H,25,26)(H,27,29). The molecule has 0 aliphatic heterocycles. The lowest BCUT2D eigenvalue weighted by atomic mass is 10.2. The van der Waals surface area contributed by atoms with E-state index in [9.17, 15) is 4.79 Å². The van der Waals surface area contributed by atoms with Crippen LogP contribution in [-0.4, -0.2) is 33.9 Å². The first-order chi connectivity index (χ1) is 14.2. The highest BCUT2D eigenvalue weighted by Crippen LogP contribution is 2.33. The van der Waals surface area contributed by atoms with Gasteiger partial charge < -0.3 is 15.2 Å². The smallest absolute Gasteiger partial charge is 0.255 e. The summed E-state index contributed by atoms with van der Waals surface area (Å²) in [5.41, 5.74) is 3.09. The molecule has 1 amide bonds. The fraction of sp³-hybridized carbons (Fsp3) is 0.217. The summed E-state index contributed by atoms with van der Waals surface area (Å²) < 4.78 is 1.14. The number of nitrogens with zero attached hydrogens (tertiary/aromatic N) is 2. The lowest BCUT2D eigenvalue weighted by Crippen LogP contribution is -2.22. The van der Waals surface area contributed by atoms with E-state index in [0.29, 0.717) is 11.3 Å². The van der Waals surface area contributed by atoms with Crippen molar-refractivity contribution in [2.24, 2.45) is 0 Å². The summed E-state index contributed by atoms with van der Waals surface area (Å²) in [6, 6.07) is 18.9. The van der Waals surface area contributed by atoms with Crippen LogP contribution in [-0.2, 0) is 0 Å². The number of hydrogen-bond donors (Lipinski definition) is 2. The zero-order valence-electron chi connectivity index (χ0n) is 16.4. The van der Waals surface area contributed by atoms with E-state index in [-0.39, 0.29) is 5.91 Å². The predicted octanol–water partition coefficient (Wildman–Crippen LogP) is 5.59. The van der Waals surface area contributed by atoms with Crippen molar-refractivity contribution in [3.63, 3.8) is 0 Å². The Morgan fingerprint density at radius 3 is 2.45 bits per heavy atom. The number of anilines is 2. The maximum Gasteiger partial charge on any atom is 0.255 e. The third-order valence-corrected chi connectivity index (χ3v) is 5.31. The third-order valence-electron chi connectivity index (χ3n) is 4.55. The Hall–Kier alpha value is -2.61. The number of pyridine rings is 1. The van der Waals surface area contributed by atoms with Crippen molar-refractivity contribution in [2.75, 3.05) is 28.2 Å². The Kier molecular flexibility index (Phi) is 7.86. The normalized spacial score (nSPS) is 10.4. The summed E-state index contributed by atoms with van der Waals surface area (Å²) in [5, 5.41) is 4.07. The van der Waals surface area contributed by atoms with Gasteiger partial charge in [0.05, 0.1) is 17.6 Å². The SMILES string of the molecule is CN(CCCCI)c1c(NC(=O)c2ccccccccc2)cnc2[nH]ccc12. The summed E-state index contributed by atoms with van der Waals surface area (Å²) in [5.74, 6) is -0.164. The molecule has 0 saturated carbocycles. The fourth-order valence-corrected chi connectivity index (χ4v) is 3.63. The topological polar surface area (TPSA) is 61.0 Å². The zero-order chi connectivity index (χ0) is 20.5. The summed E-state index contributed by atoms with van der Waals surface area (Å²) >= 11 is 2.40. The van der Waals surface area contributed by atoms with Crippen LogP contribution in [0.25, 0.3) is 11.0 Å². The molecule has 6 heteroatoms. The second-order valence-corrected chi connectivity index (χ2v) is 7.75. The zero-order valence-corrected chi connectivity index (χ0v) is 18.6. The van der Waals surface area contributed by atoms with Gasteiger partial charge in [-0.25, -0.2) is 4.98 Å². The molecule has 0 unspecified atom stereocenters. The molecule has 0 atom stereocenters. The molecule has 0 fully saturated rings. The number of H-pyrrole nitrogens is 1. The molecule has 2 N–H and O–H groups in total. The second-order valence-electron chi connectivity index (χ2n) is 6.67. The average molecular weight is 500 g/mol. The van der Waals surface area contributed by atoms with E-state index in [4.69, 9.17) is 0 Å². The van der Waals surface area contributed by atoms with E-state index in [1.165, 1.54) is 6.42 Å². The monoisotopic (exact) mass is 500 g/mol. The molecule has 2 aromatic heterocycles. The minimum atomic E-state index is -0.164. The van der Waals surface area contributed by atoms with Crippen LogP contribution in [0.3, 0.4) is 0 Å². The highest BCUT2D eigenvalue weighted by atomic mass is 127. The molecule has 29 heavy (non-hydrogen) atoms. The lowest BCUT2D eigenvalue weighted by Gasteiger charge is -2.23. The van der Waals surface area contributed by atoms with E-state index in [2.05, 4.69) is 49.8 Å². The van der Waals surface area contributed by atoms with Gasteiger partial charge in [-0.15, -0.1) is 0 Å². The first kappa shape index (κ1) is 21.1. The fourth-order valence-electron chi connectivity index (χ4n) is 3.09. The van der Waals surface area contributed by atoms with Crippen molar-refractivity contribution in [3.05, 3.63) is 78.6 Å². The summed E-state index contributed by atoms with van der Waals surface area (Å²) in [7, 11) is 2.06. The quantitative estimate of drug-likeness (QED) is 0.253. The van der Waals surface area contributed by atoms with Gasteiger partial charge in [0, 0.05) is 30.7 Å². The lowest BCUT2D eigenvalue weighted by molar-refractivity contribution is 0.102. The van der Waals surface area contributed by atoms with Crippen molar-refractivity contribution in [1.82, 2.24) is 9.97 Å². The number of nitrogens with one attached hydrogen (secondary N) is 2. The van der Waals surface area contributed by atoms with Gasteiger partial charge in [-0.3, -0.25) is 4.79 Å². The van der Waals surface area contributed by atoms with Crippen LogP contribution in [0.2, 0.25) is 0 Å². The second kappa shape index (κ2) is 10.8. The molecule has 0 spiro atoms. The number of fused-ring (bicyclic) bond motifs is 1. The number of amides is 1. The largest absolute Gasteiger partial charge is 0.372 e. The Labute approximate surface area is 185 Å². The van der Waals surface area contributed by atoms with Crippen molar-refractivity contribution < 1.29 is 4.79 Å². The first-order valence-electron chi connectivity index (χ1n) is 9.63. The van der Waals surface area contributed by atoms with Crippen molar-refractivity contribution in [3.8, 4) is 0 Å². The molecular weight excluding hydrogens is 475 g/mol. The van der Waals surface area contributed by atoms with E-state index >= 15 is 0 Å². The van der Waals surface area contributed by atoms with Crippen LogP contribution in [0.4, 0.5) is 11.4 Å². The number of carbonyl (C=O) groups is 1. The number of aromatic amines is 1. The summed E-state index contributed by atoms with van der Waals surface area (Å²) in [4.78, 5) is 22.8. The molecule has 0 saturated heterocycles. The number of rotatable bonds is 7. The Bertz CT molecular complexity index is 991. The number of alkyl halides is 1. The highest BCUT2D eigenvalue weighted by Gasteiger charge is 2.16. The summed E-state index contributed by atoms with van der Waals surface area (Å²) in [6.45, 7) is 0.915. The predicted molar refractivity (Wildman–Crippen MR) is 130 cm³/mol. The van der Waals surface area contributed by atoms with Crippen molar-refractivity contribution in [2.45, 2.75) is 12.8 Å². The first-order valence-corrected chi connectivity index (χ1v) is 11.2. The number of halogens is 1. The van der Waals surface area contributed by atoms with Gasteiger partial charge in [0.2, 0.25) is 0 Å². The van der Waals surface area contributed by atoms with Crippen LogP contribution in [0.5, 0.6) is 0 Å². The Morgan fingerprint density at radius 1 is 1.07 bits per heavy atom. The van der Waals surface area contributed by atoms with E-state index < -0.39 is 0 Å². The molecule has 150 valence electrons. The molecule has 3 rings (SSSR count). The number of hydrogen-bond acceptors (Lipinski definition) is 3. The van der Waals surface area contributed by atoms with Crippen LogP contribution in [0, 0.1) is 0 Å². The number of aromatic nitrogens is 2. The van der Waals surface area contributed by atoms with Crippen LogP contribution < -0.4 is 10.2 Å². The van der Waals surface area contributed by atoms with Gasteiger partial charge in [0.25, 0.3) is 5.91 Å². The molecule has 5 nitrogen and oxygen atoms in total. The van der Waals surface area contributed by atoms with Crippen LogP contribution in [0.15, 0.2) is 73.1 Å². The minimum Gasteiger partial charge on any atom is -0.372 e. The summed E-state index contributed by atoms with van der Waals surface area (Å²) in [6.07, 6.45) is 5.87. The van der Waals surface area contributed by atoms with Crippen molar-refractivity contribution in [1.29, 1.82) is 0 Å². The van der Waals surface area contributed by atoms with Gasteiger partial charge in [0.1, 0.15) is 5.65 Å². The Morgan fingerprint density at radius 2 is 1.76 bits per heavy atom. The van der Waals surface area contributed by atoms with E-state index in [1.807, 2.05) is 54.7 Å². The molecule has 0 aliphatic carbocycles. The molecule has 0 aliphatic rings. The third kappa shape index (κ3) is 5.69. The maximum absolute atomic E-state index is 13.0. The van der Waals surface area contributed by atoms with Gasteiger partial charge in [-0.1, -0.05) is 65.1 Å². The van der Waals surface area contributed by atoms with E-state index in [1.54, 1.807) is 18.3 Å². The molecular formula is C23H25IN4O. The molecule has 0 bridgehead atoms. The average Bonchev–Trinajstić information content (AvgIpc) is 3.20. The van der Waals surface area contributed by atoms with Gasteiger partial charge in [0.15, 0.2) is 0 Å². The molecule has 3 aromatic rings. The highest BCUT2D eigenvalue weighted by molar-refractivity contribution is 14.1. The minimum absolute atomic E-state index is 0.164. The van der Waals surface area contributed by atoms with Gasteiger partial charge in [-0.2, -0.15) is 0 Å². The van der Waals surface area contributed by atoms with Gasteiger partial charge in [-0.05, 0) is 35.5 Å². The van der Waals surface area contributed by atoms with Crippen molar-refractivity contribution >= 4 is 50.9 Å². The van der Waals surface area contributed by atoms with Crippen LogP contribution >= 0.6 is 22.6 Å². The molecule has 2 heterocycles. The Balaban J connectivity index is 1.93. The number of unbranched alkanes of at least 4 members (excludes halogenated alkanes) is 1. The molecule has 0 radical (unpaired) electrons.